The number of benzene rings is 2. The minimum Gasteiger partial charge on any atom is -0.496 e. The van der Waals surface area contributed by atoms with Crippen LogP contribution in [-0.2, 0) is 6.54 Å². The molecule has 0 aliphatic rings. The summed E-state index contributed by atoms with van der Waals surface area (Å²) in [7, 11) is 4.86. The monoisotopic (exact) mass is 378 g/mol. The summed E-state index contributed by atoms with van der Waals surface area (Å²) < 4.78 is 16.7. The average molecular weight is 379 g/mol. The molecule has 0 radical (unpaired) electrons. The minimum atomic E-state index is 0.578. The van der Waals surface area contributed by atoms with Crippen LogP contribution in [0.4, 0.5) is 0 Å². The maximum absolute atomic E-state index is 5.31. The zero-order valence-corrected chi connectivity index (χ0v) is 14.9. The molecule has 0 heterocycles. The fourth-order valence-corrected chi connectivity index (χ4v) is 2.73. The summed E-state index contributed by atoms with van der Waals surface area (Å²) in [6.07, 6.45) is 1.72. The second kappa shape index (κ2) is 8.43. The number of hydrazone groups is 1. The van der Waals surface area contributed by atoms with Crippen molar-refractivity contribution in [1.82, 2.24) is 5.43 Å². The highest BCUT2D eigenvalue weighted by molar-refractivity contribution is 9.10. The van der Waals surface area contributed by atoms with Crippen molar-refractivity contribution in [3.63, 3.8) is 0 Å². The summed E-state index contributed by atoms with van der Waals surface area (Å²) in [6.45, 7) is 0.578. The highest BCUT2D eigenvalue weighted by Gasteiger charge is 2.09. The molecule has 2 aromatic rings. The molecule has 23 heavy (non-hydrogen) atoms. The Morgan fingerprint density at radius 2 is 1.78 bits per heavy atom. The first-order valence-corrected chi connectivity index (χ1v) is 7.78. The molecule has 0 amide bonds. The molecule has 0 fully saturated rings. The van der Waals surface area contributed by atoms with Crippen LogP contribution in [0.5, 0.6) is 17.2 Å². The van der Waals surface area contributed by atoms with Crippen LogP contribution >= 0.6 is 15.9 Å². The zero-order valence-electron chi connectivity index (χ0n) is 13.3. The molecule has 0 saturated heterocycles. The minimum absolute atomic E-state index is 0.578. The Morgan fingerprint density at radius 1 is 1.04 bits per heavy atom. The van der Waals surface area contributed by atoms with E-state index in [1.807, 2.05) is 36.4 Å². The summed E-state index contributed by atoms with van der Waals surface area (Å²) in [5.74, 6) is 2.14. The molecule has 5 nitrogen and oxygen atoms in total. The molecule has 2 aromatic carbocycles. The maximum atomic E-state index is 5.31. The van der Waals surface area contributed by atoms with Crippen molar-refractivity contribution >= 4 is 22.1 Å². The van der Waals surface area contributed by atoms with Crippen LogP contribution in [-0.4, -0.2) is 27.5 Å². The van der Waals surface area contributed by atoms with Gasteiger partial charge in [0, 0.05) is 5.56 Å². The largest absolute Gasteiger partial charge is 0.496 e. The van der Waals surface area contributed by atoms with Gasteiger partial charge in [-0.25, -0.2) is 0 Å². The standard InChI is InChI=1S/C17H19BrN2O3/c1-21-15-7-5-4-6-13(15)11-20-19-10-12-8-14(18)17(23-3)16(9-12)22-2/h4-10,20H,11H2,1-3H3/b19-10-. The molecule has 1 N–H and O–H groups in total. The zero-order chi connectivity index (χ0) is 16.7. The van der Waals surface area contributed by atoms with Crippen molar-refractivity contribution in [2.45, 2.75) is 6.54 Å². The van der Waals surface area contributed by atoms with E-state index in [0.717, 1.165) is 21.3 Å². The maximum Gasteiger partial charge on any atom is 0.174 e. The third-order valence-corrected chi connectivity index (χ3v) is 3.81. The molecule has 0 unspecified atom stereocenters. The second-order valence-electron chi connectivity index (χ2n) is 4.64. The number of ether oxygens (including phenoxy) is 3. The highest BCUT2D eigenvalue weighted by Crippen LogP contribution is 2.35. The van der Waals surface area contributed by atoms with E-state index in [9.17, 15) is 0 Å². The highest BCUT2D eigenvalue weighted by atomic mass is 79.9. The molecule has 2 rings (SSSR count). The normalized spacial score (nSPS) is 10.6. The van der Waals surface area contributed by atoms with Crippen molar-refractivity contribution in [3.05, 3.63) is 52.0 Å². The number of halogens is 1. The van der Waals surface area contributed by atoms with Gasteiger partial charge in [-0.05, 0) is 39.7 Å². The lowest BCUT2D eigenvalue weighted by Gasteiger charge is -2.10. The molecule has 0 aromatic heterocycles. The summed E-state index contributed by atoms with van der Waals surface area (Å²) in [5.41, 5.74) is 4.95. The van der Waals surface area contributed by atoms with Crippen molar-refractivity contribution in [2.24, 2.45) is 5.10 Å². The molecule has 122 valence electrons. The molecule has 0 atom stereocenters. The van der Waals surface area contributed by atoms with E-state index >= 15 is 0 Å². The quantitative estimate of drug-likeness (QED) is 0.590. The Kier molecular flexibility index (Phi) is 6.29. The molecule has 0 aliphatic carbocycles. The van der Waals surface area contributed by atoms with Gasteiger partial charge < -0.3 is 19.6 Å². The number of hydrogen-bond donors (Lipinski definition) is 1. The van der Waals surface area contributed by atoms with Gasteiger partial charge >= 0.3 is 0 Å². The van der Waals surface area contributed by atoms with E-state index in [1.54, 1.807) is 27.5 Å². The smallest absolute Gasteiger partial charge is 0.174 e. The van der Waals surface area contributed by atoms with Crippen LogP contribution < -0.4 is 19.6 Å². The number of nitrogens with zero attached hydrogens (tertiary/aromatic N) is 1. The third kappa shape index (κ3) is 4.39. The number of hydrogen-bond acceptors (Lipinski definition) is 5. The van der Waals surface area contributed by atoms with Gasteiger partial charge in [0.1, 0.15) is 5.75 Å². The molecule has 0 bridgehead atoms. The van der Waals surface area contributed by atoms with E-state index in [2.05, 4.69) is 26.5 Å². The van der Waals surface area contributed by atoms with E-state index in [-0.39, 0.29) is 0 Å². The molecule has 0 saturated carbocycles. The molecule has 6 heteroatoms. The lowest BCUT2D eigenvalue weighted by molar-refractivity contribution is 0.353. The molecular weight excluding hydrogens is 360 g/mol. The summed E-state index contributed by atoms with van der Waals surface area (Å²) >= 11 is 3.46. The second-order valence-corrected chi connectivity index (χ2v) is 5.50. The SMILES string of the molecule is COc1ccccc1CN/N=C\c1cc(Br)c(OC)c(OC)c1. The fraction of sp³-hybridized carbons (Fsp3) is 0.235. The molecule has 0 spiro atoms. The molecule has 0 aliphatic heterocycles. The predicted octanol–water partition coefficient (Wildman–Crippen LogP) is 3.60. The number of rotatable bonds is 7. The molecular formula is C17H19BrN2O3. The van der Waals surface area contributed by atoms with Crippen LogP contribution in [0.3, 0.4) is 0 Å². The van der Waals surface area contributed by atoms with Gasteiger partial charge in [-0.15, -0.1) is 0 Å². The van der Waals surface area contributed by atoms with Crippen LogP contribution in [0.25, 0.3) is 0 Å². The Labute approximate surface area is 144 Å². The predicted molar refractivity (Wildman–Crippen MR) is 94.7 cm³/mol. The van der Waals surface area contributed by atoms with Crippen molar-refractivity contribution < 1.29 is 14.2 Å². The van der Waals surface area contributed by atoms with Gasteiger partial charge in [-0.1, -0.05) is 18.2 Å². The Bertz CT molecular complexity index is 690. The first-order chi connectivity index (χ1) is 11.2. The van der Waals surface area contributed by atoms with Gasteiger partial charge in [0.2, 0.25) is 0 Å². The van der Waals surface area contributed by atoms with Crippen LogP contribution in [0, 0.1) is 0 Å². The summed E-state index contributed by atoms with van der Waals surface area (Å²) in [6, 6.07) is 11.6. The lowest BCUT2D eigenvalue weighted by atomic mass is 10.2. The van der Waals surface area contributed by atoms with E-state index in [1.165, 1.54) is 0 Å². The van der Waals surface area contributed by atoms with Crippen LogP contribution in [0.1, 0.15) is 11.1 Å². The van der Waals surface area contributed by atoms with E-state index in [0.29, 0.717) is 18.0 Å². The van der Waals surface area contributed by atoms with Crippen molar-refractivity contribution in [2.75, 3.05) is 21.3 Å². The van der Waals surface area contributed by atoms with Gasteiger partial charge in [0.05, 0.1) is 38.6 Å². The Morgan fingerprint density at radius 3 is 2.48 bits per heavy atom. The topological polar surface area (TPSA) is 52.1 Å². The van der Waals surface area contributed by atoms with Crippen molar-refractivity contribution in [3.8, 4) is 17.2 Å². The van der Waals surface area contributed by atoms with Gasteiger partial charge in [0.15, 0.2) is 11.5 Å². The van der Waals surface area contributed by atoms with E-state index < -0.39 is 0 Å². The first-order valence-electron chi connectivity index (χ1n) is 6.99. The van der Waals surface area contributed by atoms with Gasteiger partial charge in [0.25, 0.3) is 0 Å². The number of methoxy groups -OCH3 is 3. The van der Waals surface area contributed by atoms with Crippen molar-refractivity contribution in [1.29, 1.82) is 0 Å². The number of para-hydroxylation sites is 1. The summed E-state index contributed by atoms with van der Waals surface area (Å²) in [5, 5.41) is 4.24. The average Bonchev–Trinajstić information content (AvgIpc) is 2.58. The van der Waals surface area contributed by atoms with Crippen LogP contribution in [0.2, 0.25) is 0 Å². The van der Waals surface area contributed by atoms with Gasteiger partial charge in [-0.2, -0.15) is 5.10 Å². The third-order valence-electron chi connectivity index (χ3n) is 3.22. The van der Waals surface area contributed by atoms with Gasteiger partial charge in [-0.3, -0.25) is 0 Å². The lowest BCUT2D eigenvalue weighted by Crippen LogP contribution is -2.07. The van der Waals surface area contributed by atoms with Crippen LogP contribution in [0.15, 0.2) is 46.0 Å². The first kappa shape index (κ1) is 17.1. The summed E-state index contributed by atoms with van der Waals surface area (Å²) in [4.78, 5) is 0. The fourth-order valence-electron chi connectivity index (χ4n) is 2.11. The van der Waals surface area contributed by atoms with E-state index in [4.69, 9.17) is 14.2 Å². The Hall–Kier alpha value is -2.21. The Balaban J connectivity index is 2.05. The number of nitrogens with one attached hydrogen (secondary N) is 1.